The lowest BCUT2D eigenvalue weighted by Crippen LogP contribution is -2.49. The molecule has 4 nitrogen and oxygen atoms in total. The van der Waals surface area contributed by atoms with Gasteiger partial charge in [0.1, 0.15) is 0 Å². The number of nitrogens with zero attached hydrogens (tertiary/aromatic N) is 1. The molecule has 4 heteroatoms. The maximum absolute atomic E-state index is 13.0. The lowest BCUT2D eigenvalue weighted by molar-refractivity contribution is -0.130. The summed E-state index contributed by atoms with van der Waals surface area (Å²) in [7, 11) is 0. The van der Waals surface area contributed by atoms with Crippen molar-refractivity contribution in [2.24, 2.45) is 0 Å². The fraction of sp³-hybridized carbons (Fsp3) is 0.632. The summed E-state index contributed by atoms with van der Waals surface area (Å²) >= 11 is 0. The number of rotatable bonds is 7. The molecular weight excluding hydrogens is 288 g/mol. The predicted octanol–water partition coefficient (Wildman–Crippen LogP) is 2.50. The minimum absolute atomic E-state index is 0.155. The van der Waals surface area contributed by atoms with E-state index in [4.69, 9.17) is 4.74 Å². The van der Waals surface area contributed by atoms with Crippen molar-refractivity contribution in [3.05, 3.63) is 35.4 Å². The number of hydrogen-bond donors (Lipinski definition) is 1. The van der Waals surface area contributed by atoms with Crippen molar-refractivity contribution in [3.63, 3.8) is 0 Å². The van der Waals surface area contributed by atoms with E-state index in [1.54, 1.807) is 0 Å². The van der Waals surface area contributed by atoms with Gasteiger partial charge in [-0.15, -0.1) is 0 Å². The molecule has 0 bridgehead atoms. The van der Waals surface area contributed by atoms with Crippen LogP contribution >= 0.6 is 0 Å². The average Bonchev–Trinajstić information content (AvgIpc) is 2.59. The Morgan fingerprint density at radius 2 is 1.87 bits per heavy atom. The van der Waals surface area contributed by atoms with Crippen molar-refractivity contribution in [3.8, 4) is 0 Å². The number of nitrogens with one attached hydrogen (secondary N) is 1. The van der Waals surface area contributed by atoms with Crippen LogP contribution in [-0.4, -0.2) is 50.2 Å². The van der Waals surface area contributed by atoms with Gasteiger partial charge in [-0.05, 0) is 44.0 Å². The largest absolute Gasteiger partial charge is 0.381 e. The van der Waals surface area contributed by atoms with E-state index < -0.39 is 5.41 Å². The van der Waals surface area contributed by atoms with Crippen molar-refractivity contribution in [1.29, 1.82) is 0 Å². The fourth-order valence-corrected chi connectivity index (χ4v) is 3.48. The Morgan fingerprint density at radius 1 is 1.22 bits per heavy atom. The van der Waals surface area contributed by atoms with Crippen LogP contribution in [0.25, 0.3) is 0 Å². The summed E-state index contributed by atoms with van der Waals surface area (Å²) in [5.41, 5.74) is 1.91. The van der Waals surface area contributed by atoms with Crippen LogP contribution in [0.1, 0.15) is 37.8 Å². The molecule has 1 aromatic rings. The molecule has 0 saturated carbocycles. The Hall–Kier alpha value is -1.39. The van der Waals surface area contributed by atoms with Crippen LogP contribution in [0.3, 0.4) is 0 Å². The number of carbonyl (C=O) groups is 1. The molecule has 1 N–H and O–H groups in total. The van der Waals surface area contributed by atoms with Gasteiger partial charge >= 0.3 is 0 Å². The molecule has 23 heavy (non-hydrogen) atoms. The third-order valence-corrected chi connectivity index (χ3v) is 5.05. The molecule has 1 heterocycles. The van der Waals surface area contributed by atoms with Crippen molar-refractivity contribution < 1.29 is 9.53 Å². The molecule has 1 amide bonds. The topological polar surface area (TPSA) is 41.6 Å². The van der Waals surface area contributed by atoms with E-state index in [9.17, 15) is 4.79 Å². The average molecular weight is 318 g/mol. The zero-order chi connectivity index (χ0) is 16.7. The van der Waals surface area contributed by atoms with Gasteiger partial charge < -0.3 is 15.0 Å². The lowest BCUT2D eigenvalue weighted by Gasteiger charge is -2.37. The monoisotopic (exact) mass is 318 g/mol. The molecular formula is C19H30N2O2. The maximum atomic E-state index is 13.0. The molecule has 1 aliphatic rings. The van der Waals surface area contributed by atoms with Crippen LogP contribution < -0.4 is 5.32 Å². The fourth-order valence-electron chi connectivity index (χ4n) is 3.48. The quantitative estimate of drug-likeness (QED) is 0.840. The Morgan fingerprint density at radius 3 is 2.48 bits per heavy atom. The number of aryl methyl sites for hydroxylation is 1. The molecule has 0 aliphatic carbocycles. The molecule has 1 saturated heterocycles. The first-order chi connectivity index (χ1) is 11.1. The second-order valence-corrected chi connectivity index (χ2v) is 6.29. The molecule has 128 valence electrons. The van der Waals surface area contributed by atoms with E-state index in [-0.39, 0.29) is 5.91 Å². The van der Waals surface area contributed by atoms with E-state index in [2.05, 4.69) is 43.1 Å². The van der Waals surface area contributed by atoms with Crippen LogP contribution in [0.5, 0.6) is 0 Å². The summed E-state index contributed by atoms with van der Waals surface area (Å²) in [4.78, 5) is 15.4. The maximum Gasteiger partial charge on any atom is 0.230 e. The molecule has 0 aromatic heterocycles. The molecule has 0 radical (unpaired) electrons. The van der Waals surface area contributed by atoms with E-state index in [1.165, 1.54) is 5.56 Å². The zero-order valence-corrected chi connectivity index (χ0v) is 14.7. The van der Waals surface area contributed by atoms with E-state index in [1.807, 2.05) is 12.1 Å². The van der Waals surface area contributed by atoms with Gasteiger partial charge in [0.25, 0.3) is 0 Å². The van der Waals surface area contributed by atoms with Crippen molar-refractivity contribution in [1.82, 2.24) is 10.2 Å². The Labute approximate surface area is 140 Å². The predicted molar refractivity (Wildman–Crippen MR) is 93.7 cm³/mol. The van der Waals surface area contributed by atoms with Crippen LogP contribution in [-0.2, 0) is 14.9 Å². The molecule has 0 atom stereocenters. The van der Waals surface area contributed by atoms with Gasteiger partial charge in [0.2, 0.25) is 5.91 Å². The first-order valence-electron chi connectivity index (χ1n) is 8.78. The minimum atomic E-state index is -0.438. The Balaban J connectivity index is 2.12. The van der Waals surface area contributed by atoms with Gasteiger partial charge in [-0.1, -0.05) is 38.1 Å². The molecule has 2 rings (SSSR count). The summed E-state index contributed by atoms with van der Waals surface area (Å²) in [6.45, 7) is 11.3. The van der Waals surface area contributed by atoms with E-state index in [0.29, 0.717) is 19.8 Å². The summed E-state index contributed by atoms with van der Waals surface area (Å²) in [6, 6.07) is 8.26. The third-order valence-electron chi connectivity index (χ3n) is 5.05. The summed E-state index contributed by atoms with van der Waals surface area (Å²) in [5, 5.41) is 3.18. The number of ether oxygens (including phenoxy) is 1. The molecule has 1 aromatic carbocycles. The van der Waals surface area contributed by atoms with Gasteiger partial charge in [-0.3, -0.25) is 4.79 Å². The van der Waals surface area contributed by atoms with E-state index >= 15 is 0 Å². The highest BCUT2D eigenvalue weighted by atomic mass is 16.5. The highest BCUT2D eigenvalue weighted by molar-refractivity contribution is 5.88. The van der Waals surface area contributed by atoms with Gasteiger partial charge in [0, 0.05) is 26.3 Å². The van der Waals surface area contributed by atoms with Gasteiger partial charge in [-0.25, -0.2) is 0 Å². The number of carbonyl (C=O) groups excluding carboxylic acids is 1. The number of benzene rings is 1. The minimum Gasteiger partial charge on any atom is -0.381 e. The van der Waals surface area contributed by atoms with Crippen molar-refractivity contribution in [2.75, 3.05) is 39.4 Å². The van der Waals surface area contributed by atoms with E-state index in [0.717, 1.165) is 38.0 Å². The Bertz CT molecular complexity index is 506. The smallest absolute Gasteiger partial charge is 0.230 e. The van der Waals surface area contributed by atoms with Crippen LogP contribution in [0, 0.1) is 6.92 Å². The second-order valence-electron chi connectivity index (χ2n) is 6.29. The van der Waals surface area contributed by atoms with Crippen molar-refractivity contribution >= 4 is 5.91 Å². The zero-order valence-electron chi connectivity index (χ0n) is 14.7. The SMILES string of the molecule is CCN(CC)CCNC(=O)C1(c2ccccc2C)CCOCC1. The van der Waals surface area contributed by atoms with Gasteiger partial charge in [0.05, 0.1) is 5.41 Å². The lowest BCUT2D eigenvalue weighted by atomic mass is 9.72. The van der Waals surface area contributed by atoms with Crippen LogP contribution in [0.15, 0.2) is 24.3 Å². The number of amides is 1. The Kier molecular flexibility index (Phi) is 6.60. The van der Waals surface area contributed by atoms with Crippen LogP contribution in [0.2, 0.25) is 0 Å². The number of hydrogen-bond acceptors (Lipinski definition) is 3. The second kappa shape index (κ2) is 8.46. The summed E-state index contributed by atoms with van der Waals surface area (Å²) in [5.74, 6) is 0.155. The first kappa shape index (κ1) is 18.0. The number of likely N-dealkylation sites (N-methyl/N-ethyl adjacent to an activating group) is 1. The van der Waals surface area contributed by atoms with Gasteiger partial charge in [0.15, 0.2) is 0 Å². The highest BCUT2D eigenvalue weighted by Crippen LogP contribution is 2.36. The molecule has 1 aliphatic heterocycles. The highest BCUT2D eigenvalue weighted by Gasteiger charge is 2.42. The van der Waals surface area contributed by atoms with Crippen molar-refractivity contribution in [2.45, 2.75) is 39.0 Å². The standard InChI is InChI=1S/C19H30N2O2/c1-4-21(5-2)13-12-20-18(22)19(10-14-23-15-11-19)17-9-7-6-8-16(17)3/h6-9H,4-5,10-15H2,1-3H3,(H,20,22). The molecule has 0 unspecified atom stereocenters. The summed E-state index contributed by atoms with van der Waals surface area (Å²) in [6.07, 6.45) is 1.52. The van der Waals surface area contributed by atoms with Gasteiger partial charge in [-0.2, -0.15) is 0 Å². The van der Waals surface area contributed by atoms with Crippen LogP contribution in [0.4, 0.5) is 0 Å². The molecule has 0 spiro atoms. The summed E-state index contributed by atoms with van der Waals surface area (Å²) < 4.78 is 5.53. The molecule has 1 fully saturated rings. The normalized spacial score (nSPS) is 17.2. The first-order valence-corrected chi connectivity index (χ1v) is 8.78. The third kappa shape index (κ3) is 4.12.